The molecule has 6 heteroatoms. The van der Waals surface area contributed by atoms with Crippen molar-refractivity contribution in [2.45, 2.75) is 0 Å². The topological polar surface area (TPSA) is 69.4 Å². The number of carbonyl (C=O) groups excluding carboxylic acids is 1. The van der Waals surface area contributed by atoms with Crippen molar-refractivity contribution in [3.8, 4) is 5.75 Å². The minimum Gasteiger partial charge on any atom is -0.478 e. The highest BCUT2D eigenvalue weighted by molar-refractivity contribution is 6.30. The van der Waals surface area contributed by atoms with Crippen LogP contribution in [0.4, 0.5) is 5.69 Å². The number of ether oxygens (including phenoxy) is 1. The van der Waals surface area contributed by atoms with Crippen LogP contribution in [0.15, 0.2) is 48.5 Å². The molecule has 0 unspecified atom stereocenters. The maximum atomic E-state index is 11.9. The molecule has 2 aromatic rings. The molecule has 20 heavy (non-hydrogen) atoms. The van der Waals surface area contributed by atoms with Crippen molar-refractivity contribution >= 4 is 23.1 Å². The molecule has 0 heterocycles. The molecule has 0 saturated heterocycles. The highest BCUT2D eigenvalue weighted by Gasteiger charge is 2.16. The molecule has 0 bridgehead atoms. The molecule has 0 atom stereocenters. The molecule has 0 saturated carbocycles. The fourth-order valence-electron chi connectivity index (χ4n) is 1.61. The van der Waals surface area contributed by atoms with Crippen LogP contribution in [0.1, 0.15) is 10.4 Å². The summed E-state index contributed by atoms with van der Waals surface area (Å²) >= 11 is 5.77. The van der Waals surface area contributed by atoms with Crippen LogP contribution in [0, 0.1) is 10.1 Å². The number of nitrogens with zero attached hydrogens (tertiary/aromatic N) is 1. The fraction of sp³-hybridized carbons (Fsp3) is 0.0714. The first-order chi connectivity index (χ1) is 9.58. The summed E-state index contributed by atoms with van der Waals surface area (Å²) in [4.78, 5) is 22.1. The van der Waals surface area contributed by atoms with Gasteiger partial charge >= 0.3 is 5.69 Å². The van der Waals surface area contributed by atoms with Crippen LogP contribution in [0.3, 0.4) is 0 Å². The number of carbonyl (C=O) groups is 1. The van der Waals surface area contributed by atoms with Gasteiger partial charge in [-0.15, -0.1) is 0 Å². The van der Waals surface area contributed by atoms with E-state index in [0.717, 1.165) is 0 Å². The van der Waals surface area contributed by atoms with E-state index < -0.39 is 4.92 Å². The van der Waals surface area contributed by atoms with E-state index in [2.05, 4.69) is 0 Å². The lowest BCUT2D eigenvalue weighted by Gasteiger charge is -2.06. The molecule has 0 fully saturated rings. The zero-order valence-electron chi connectivity index (χ0n) is 10.3. The predicted octanol–water partition coefficient (Wildman–Crippen LogP) is 3.51. The van der Waals surface area contributed by atoms with Crippen molar-refractivity contribution in [3.63, 3.8) is 0 Å². The molecule has 0 aliphatic carbocycles. The molecule has 5 nitrogen and oxygen atoms in total. The van der Waals surface area contributed by atoms with E-state index in [9.17, 15) is 14.9 Å². The normalized spacial score (nSPS) is 10.1. The van der Waals surface area contributed by atoms with Crippen molar-refractivity contribution < 1.29 is 14.5 Å². The number of Topliss-reactive ketones (excluding diaryl/α,β-unsaturated/α-hetero) is 1. The molecule has 2 aromatic carbocycles. The van der Waals surface area contributed by atoms with Crippen LogP contribution in [0.25, 0.3) is 0 Å². The summed E-state index contributed by atoms with van der Waals surface area (Å²) in [7, 11) is 0. The van der Waals surface area contributed by atoms with Crippen LogP contribution in [0.5, 0.6) is 5.75 Å². The number of rotatable bonds is 5. The summed E-state index contributed by atoms with van der Waals surface area (Å²) in [6.07, 6.45) is 0. The third-order valence-electron chi connectivity index (χ3n) is 2.57. The Labute approximate surface area is 119 Å². The van der Waals surface area contributed by atoms with Crippen molar-refractivity contribution in [1.29, 1.82) is 0 Å². The number of hydrogen-bond donors (Lipinski definition) is 0. The second-order valence-electron chi connectivity index (χ2n) is 3.95. The minimum atomic E-state index is -0.585. The largest absolute Gasteiger partial charge is 0.478 e. The molecule has 0 aliphatic rings. The highest BCUT2D eigenvalue weighted by Crippen LogP contribution is 2.29. The Morgan fingerprint density at radius 2 is 1.90 bits per heavy atom. The van der Waals surface area contributed by atoms with Gasteiger partial charge < -0.3 is 4.74 Å². The van der Waals surface area contributed by atoms with Gasteiger partial charge in [-0.25, -0.2) is 0 Å². The third-order valence-corrected chi connectivity index (χ3v) is 2.81. The first kappa shape index (κ1) is 14.0. The van der Waals surface area contributed by atoms with E-state index in [1.54, 1.807) is 30.3 Å². The molecular formula is C14H10ClNO4. The van der Waals surface area contributed by atoms with Gasteiger partial charge in [-0.2, -0.15) is 0 Å². The molecule has 0 amide bonds. The monoisotopic (exact) mass is 291 g/mol. The van der Waals surface area contributed by atoms with E-state index >= 15 is 0 Å². The van der Waals surface area contributed by atoms with Gasteiger partial charge in [0.1, 0.15) is 0 Å². The molecular weight excluding hydrogens is 282 g/mol. The summed E-state index contributed by atoms with van der Waals surface area (Å²) < 4.78 is 5.22. The van der Waals surface area contributed by atoms with Crippen LogP contribution in [-0.2, 0) is 0 Å². The second-order valence-corrected chi connectivity index (χ2v) is 4.38. The third kappa shape index (κ3) is 3.33. The number of nitro groups is 1. The van der Waals surface area contributed by atoms with Crippen LogP contribution >= 0.6 is 11.6 Å². The maximum Gasteiger partial charge on any atom is 0.311 e. The first-order valence-corrected chi connectivity index (χ1v) is 6.10. The number of halogens is 1. The van der Waals surface area contributed by atoms with E-state index in [1.165, 1.54) is 18.2 Å². The van der Waals surface area contributed by atoms with Gasteiger partial charge in [0.15, 0.2) is 18.1 Å². The van der Waals surface area contributed by atoms with Crippen molar-refractivity contribution in [3.05, 3.63) is 69.2 Å². The Hall–Kier alpha value is -2.40. The Morgan fingerprint density at radius 1 is 1.20 bits per heavy atom. The van der Waals surface area contributed by atoms with Crippen LogP contribution in [-0.4, -0.2) is 17.3 Å². The van der Waals surface area contributed by atoms with Gasteiger partial charge in [0, 0.05) is 22.7 Å². The maximum absolute atomic E-state index is 11.9. The summed E-state index contributed by atoms with van der Waals surface area (Å²) in [5.41, 5.74) is 0.257. The van der Waals surface area contributed by atoms with Gasteiger partial charge in [-0.3, -0.25) is 14.9 Å². The molecule has 0 spiro atoms. The number of hydrogen-bond acceptors (Lipinski definition) is 4. The number of nitro benzene ring substituents is 1. The Morgan fingerprint density at radius 3 is 2.55 bits per heavy atom. The highest BCUT2D eigenvalue weighted by atomic mass is 35.5. The van der Waals surface area contributed by atoms with Gasteiger partial charge in [0.2, 0.25) is 0 Å². The Bertz CT molecular complexity index is 643. The average molecular weight is 292 g/mol. The van der Waals surface area contributed by atoms with Crippen molar-refractivity contribution in [1.82, 2.24) is 0 Å². The van der Waals surface area contributed by atoms with Gasteiger partial charge in [0.05, 0.1) is 4.92 Å². The zero-order chi connectivity index (χ0) is 14.5. The van der Waals surface area contributed by atoms with Crippen LogP contribution in [0.2, 0.25) is 5.02 Å². The quantitative estimate of drug-likeness (QED) is 0.480. The molecule has 0 N–H and O–H groups in total. The van der Waals surface area contributed by atoms with E-state index in [-0.39, 0.29) is 23.8 Å². The summed E-state index contributed by atoms with van der Waals surface area (Å²) in [6.45, 7) is -0.287. The molecule has 0 aliphatic heterocycles. The number of ketones is 1. The molecule has 0 radical (unpaired) electrons. The summed E-state index contributed by atoms with van der Waals surface area (Å²) in [6, 6.07) is 12.5. The van der Waals surface area contributed by atoms with Gasteiger partial charge in [-0.05, 0) is 6.07 Å². The van der Waals surface area contributed by atoms with Crippen LogP contribution < -0.4 is 4.74 Å². The smallest absolute Gasteiger partial charge is 0.311 e. The standard InChI is InChI=1S/C14H10ClNO4/c15-11-6-7-12(16(18)19)14(8-11)20-9-13(17)10-4-2-1-3-5-10/h1-8H,9H2. The molecule has 0 aromatic heterocycles. The lowest BCUT2D eigenvalue weighted by molar-refractivity contribution is -0.385. The van der Waals surface area contributed by atoms with E-state index in [4.69, 9.17) is 16.3 Å². The molecule has 102 valence electrons. The molecule has 2 rings (SSSR count). The van der Waals surface area contributed by atoms with E-state index in [0.29, 0.717) is 10.6 Å². The fourth-order valence-corrected chi connectivity index (χ4v) is 1.77. The Balaban J connectivity index is 2.13. The lowest BCUT2D eigenvalue weighted by atomic mass is 10.1. The second kappa shape index (κ2) is 6.16. The predicted molar refractivity (Wildman–Crippen MR) is 74.4 cm³/mol. The zero-order valence-corrected chi connectivity index (χ0v) is 11.0. The number of benzene rings is 2. The van der Waals surface area contributed by atoms with Gasteiger partial charge in [0.25, 0.3) is 0 Å². The summed E-state index contributed by atoms with van der Waals surface area (Å²) in [5.74, 6) is -0.286. The van der Waals surface area contributed by atoms with Crippen molar-refractivity contribution in [2.75, 3.05) is 6.61 Å². The van der Waals surface area contributed by atoms with Gasteiger partial charge in [-0.1, -0.05) is 41.9 Å². The Kier molecular flexibility index (Phi) is 4.32. The van der Waals surface area contributed by atoms with Crippen molar-refractivity contribution in [2.24, 2.45) is 0 Å². The van der Waals surface area contributed by atoms with E-state index in [1.807, 2.05) is 0 Å². The SMILES string of the molecule is O=C(COc1cc(Cl)ccc1[N+](=O)[O-])c1ccccc1. The summed E-state index contributed by atoms with van der Waals surface area (Å²) in [5, 5.41) is 11.1. The first-order valence-electron chi connectivity index (χ1n) is 5.73. The lowest BCUT2D eigenvalue weighted by Crippen LogP contribution is -2.12. The average Bonchev–Trinajstić information content (AvgIpc) is 2.45. The minimum absolute atomic E-state index is 0.0215.